The Morgan fingerprint density at radius 2 is 1.84 bits per heavy atom. The molecular weight excluding hydrogens is 264 g/mol. The van der Waals surface area contributed by atoms with Crippen LogP contribution in [0, 0.1) is 28.5 Å². The van der Waals surface area contributed by atoms with Crippen molar-refractivity contribution in [1.29, 1.82) is 10.5 Å². The van der Waals surface area contributed by atoms with Gasteiger partial charge in [0.2, 0.25) is 0 Å². The first kappa shape index (κ1) is 14.5. The summed E-state index contributed by atoms with van der Waals surface area (Å²) >= 11 is 0. The molecular formula is C12H6F4N2O. The monoisotopic (exact) mass is 270 g/mol. The van der Waals surface area contributed by atoms with Crippen molar-refractivity contribution in [2.24, 2.45) is 0 Å². The molecule has 7 heteroatoms. The lowest BCUT2D eigenvalue weighted by atomic mass is 10.1. The van der Waals surface area contributed by atoms with Crippen molar-refractivity contribution >= 4 is 6.08 Å². The van der Waals surface area contributed by atoms with Crippen LogP contribution in [0.25, 0.3) is 6.08 Å². The van der Waals surface area contributed by atoms with Crippen LogP contribution >= 0.6 is 0 Å². The van der Waals surface area contributed by atoms with Crippen LogP contribution in [-0.2, 0) is 6.18 Å². The molecule has 0 N–H and O–H groups in total. The van der Waals surface area contributed by atoms with Gasteiger partial charge in [0.25, 0.3) is 0 Å². The first-order valence-electron chi connectivity index (χ1n) is 4.80. The third-order valence-corrected chi connectivity index (χ3v) is 2.17. The molecule has 0 aliphatic heterocycles. The molecule has 0 aliphatic rings. The van der Waals surface area contributed by atoms with Crippen molar-refractivity contribution in [2.45, 2.75) is 6.18 Å². The lowest BCUT2D eigenvalue weighted by Gasteiger charge is -2.11. The van der Waals surface area contributed by atoms with Gasteiger partial charge in [-0.15, -0.1) is 0 Å². The van der Waals surface area contributed by atoms with Gasteiger partial charge in [-0.2, -0.15) is 23.7 Å². The largest absolute Gasteiger partial charge is 0.496 e. The Hall–Kier alpha value is -2.54. The minimum Gasteiger partial charge on any atom is -0.496 e. The summed E-state index contributed by atoms with van der Waals surface area (Å²) in [5.74, 6) is -1.63. The Morgan fingerprint density at radius 3 is 2.26 bits per heavy atom. The average Bonchev–Trinajstić information content (AvgIpc) is 2.35. The highest BCUT2D eigenvalue weighted by Crippen LogP contribution is 2.35. The van der Waals surface area contributed by atoms with Crippen molar-refractivity contribution in [2.75, 3.05) is 7.11 Å². The molecule has 0 radical (unpaired) electrons. The third kappa shape index (κ3) is 3.23. The van der Waals surface area contributed by atoms with Crippen LogP contribution in [0.3, 0.4) is 0 Å². The Morgan fingerprint density at radius 1 is 1.26 bits per heavy atom. The Balaban J connectivity index is 3.49. The van der Waals surface area contributed by atoms with Crippen molar-refractivity contribution in [1.82, 2.24) is 0 Å². The van der Waals surface area contributed by atoms with E-state index in [-0.39, 0.29) is 11.6 Å². The number of methoxy groups -OCH3 is 1. The molecule has 0 saturated carbocycles. The molecule has 0 aromatic heterocycles. The molecule has 3 nitrogen and oxygen atoms in total. The van der Waals surface area contributed by atoms with E-state index in [1.54, 1.807) is 0 Å². The van der Waals surface area contributed by atoms with Crippen molar-refractivity contribution in [3.8, 4) is 17.9 Å². The number of halogens is 4. The van der Waals surface area contributed by atoms with Gasteiger partial charge in [-0.25, -0.2) is 4.39 Å². The number of hydrogen-bond acceptors (Lipinski definition) is 3. The van der Waals surface area contributed by atoms with Crippen molar-refractivity contribution < 1.29 is 22.3 Å². The number of benzene rings is 1. The number of allylic oxidation sites excluding steroid dienone is 1. The van der Waals surface area contributed by atoms with Gasteiger partial charge >= 0.3 is 6.18 Å². The number of rotatable bonds is 2. The second-order valence-electron chi connectivity index (χ2n) is 3.35. The number of ether oxygens (including phenoxy) is 1. The molecule has 0 aliphatic carbocycles. The van der Waals surface area contributed by atoms with Crippen LogP contribution in [0.5, 0.6) is 5.75 Å². The van der Waals surface area contributed by atoms with Gasteiger partial charge in [0.15, 0.2) is 0 Å². The predicted octanol–water partition coefficient (Wildman–Crippen LogP) is 3.28. The Labute approximate surface area is 105 Å². The first-order chi connectivity index (χ1) is 8.83. The molecule has 19 heavy (non-hydrogen) atoms. The van der Waals surface area contributed by atoms with Crippen LogP contribution in [0.1, 0.15) is 11.1 Å². The molecule has 0 heterocycles. The van der Waals surface area contributed by atoms with E-state index < -0.39 is 28.9 Å². The van der Waals surface area contributed by atoms with Crippen molar-refractivity contribution in [3.63, 3.8) is 0 Å². The van der Waals surface area contributed by atoms with Crippen LogP contribution in [0.2, 0.25) is 0 Å². The summed E-state index contributed by atoms with van der Waals surface area (Å²) in [6, 6.07) is 3.84. The maximum atomic E-state index is 13.6. The summed E-state index contributed by atoms with van der Waals surface area (Å²) in [6.45, 7) is 0. The summed E-state index contributed by atoms with van der Waals surface area (Å²) in [5.41, 5.74) is -2.04. The zero-order valence-electron chi connectivity index (χ0n) is 9.55. The maximum Gasteiger partial charge on any atom is 0.416 e. The normalized spacial score (nSPS) is 10.3. The molecule has 1 rings (SSSR count). The molecule has 0 fully saturated rings. The highest BCUT2D eigenvalue weighted by molar-refractivity contribution is 5.67. The van der Waals surface area contributed by atoms with E-state index in [9.17, 15) is 17.6 Å². The summed E-state index contributed by atoms with van der Waals surface area (Å²) in [4.78, 5) is 0. The predicted molar refractivity (Wildman–Crippen MR) is 57.2 cm³/mol. The standard InChI is InChI=1S/C12H6F4N2O/c1-19-11-4-8(12(14,15)16)3-10(13)9(11)2-7(5-17)6-18/h2-4H,1H3. The molecule has 1 aromatic carbocycles. The smallest absolute Gasteiger partial charge is 0.416 e. The second-order valence-corrected chi connectivity index (χ2v) is 3.35. The minimum absolute atomic E-state index is 0.278. The van der Waals surface area contributed by atoms with E-state index in [4.69, 9.17) is 10.5 Å². The van der Waals surface area contributed by atoms with Gasteiger partial charge in [-0.05, 0) is 18.2 Å². The minimum atomic E-state index is -4.72. The van der Waals surface area contributed by atoms with Crippen molar-refractivity contribution in [3.05, 3.63) is 34.6 Å². The van der Waals surface area contributed by atoms with Gasteiger partial charge in [-0.1, -0.05) is 0 Å². The molecule has 0 amide bonds. The van der Waals surface area contributed by atoms with Gasteiger partial charge in [0.1, 0.15) is 29.3 Å². The zero-order chi connectivity index (χ0) is 14.6. The number of alkyl halides is 3. The van der Waals surface area contributed by atoms with Gasteiger partial charge in [0, 0.05) is 0 Å². The third-order valence-electron chi connectivity index (χ3n) is 2.17. The molecule has 0 bridgehead atoms. The SMILES string of the molecule is COc1cc(C(F)(F)F)cc(F)c1C=C(C#N)C#N. The molecule has 0 spiro atoms. The topological polar surface area (TPSA) is 56.8 Å². The highest BCUT2D eigenvalue weighted by Gasteiger charge is 2.32. The first-order valence-corrected chi connectivity index (χ1v) is 4.80. The van der Waals surface area contributed by atoms with E-state index in [0.29, 0.717) is 6.07 Å². The lowest BCUT2D eigenvalue weighted by Crippen LogP contribution is -2.07. The molecule has 0 atom stereocenters. The summed E-state index contributed by atoms with van der Waals surface area (Å²) in [5, 5.41) is 17.1. The van der Waals surface area contributed by atoms with E-state index in [0.717, 1.165) is 13.2 Å². The van der Waals surface area contributed by atoms with Crippen LogP contribution in [0.15, 0.2) is 17.7 Å². The quantitative estimate of drug-likeness (QED) is 0.612. The highest BCUT2D eigenvalue weighted by atomic mass is 19.4. The Kier molecular flexibility index (Phi) is 4.13. The zero-order valence-corrected chi connectivity index (χ0v) is 9.55. The maximum absolute atomic E-state index is 13.6. The molecule has 0 saturated heterocycles. The summed E-state index contributed by atoms with van der Waals surface area (Å²) < 4.78 is 55.7. The lowest BCUT2D eigenvalue weighted by molar-refractivity contribution is -0.137. The number of hydrogen-bond donors (Lipinski definition) is 0. The van der Waals surface area contributed by atoms with Crippen LogP contribution in [0.4, 0.5) is 17.6 Å². The molecule has 98 valence electrons. The number of nitriles is 2. The summed E-state index contributed by atoms with van der Waals surface area (Å²) in [7, 11) is 1.06. The van der Waals surface area contributed by atoms with E-state index in [2.05, 4.69) is 4.74 Å². The second kappa shape index (κ2) is 5.40. The fourth-order valence-electron chi connectivity index (χ4n) is 1.30. The summed E-state index contributed by atoms with van der Waals surface area (Å²) in [6.07, 6.45) is -3.89. The average molecular weight is 270 g/mol. The van der Waals surface area contributed by atoms with Crippen LogP contribution < -0.4 is 4.74 Å². The van der Waals surface area contributed by atoms with E-state index >= 15 is 0 Å². The van der Waals surface area contributed by atoms with E-state index in [1.165, 1.54) is 12.1 Å². The number of nitrogens with zero attached hydrogens (tertiary/aromatic N) is 2. The van der Waals surface area contributed by atoms with Gasteiger partial charge in [0.05, 0.1) is 18.2 Å². The van der Waals surface area contributed by atoms with E-state index in [1.807, 2.05) is 0 Å². The Bertz CT molecular complexity index is 590. The molecule has 1 aromatic rings. The van der Waals surface area contributed by atoms with Gasteiger partial charge in [-0.3, -0.25) is 0 Å². The van der Waals surface area contributed by atoms with Crippen LogP contribution in [-0.4, -0.2) is 7.11 Å². The molecule has 0 unspecified atom stereocenters. The van der Waals surface area contributed by atoms with Gasteiger partial charge < -0.3 is 4.74 Å². The fraction of sp³-hybridized carbons (Fsp3) is 0.167. The fourth-order valence-corrected chi connectivity index (χ4v) is 1.30.